The van der Waals surface area contributed by atoms with Crippen molar-refractivity contribution in [2.75, 3.05) is 12.0 Å². The first-order valence-electron chi connectivity index (χ1n) is 13.3. The molecular weight excluding hydrogens is 590 g/mol. The van der Waals surface area contributed by atoms with Crippen molar-refractivity contribution in [1.29, 1.82) is 0 Å². The van der Waals surface area contributed by atoms with Gasteiger partial charge < -0.3 is 9.84 Å². The highest BCUT2D eigenvalue weighted by Gasteiger charge is 2.57. The first kappa shape index (κ1) is 27.1. The van der Waals surface area contributed by atoms with Crippen LogP contribution in [0, 0.1) is 17.8 Å². The first-order valence-corrected chi connectivity index (χ1v) is 14.1. The number of carbonyl (C=O) groups excluding carboxylic acids is 5. The Balaban J connectivity index is 1.49. The van der Waals surface area contributed by atoms with Crippen LogP contribution in [-0.2, 0) is 19.2 Å². The molecule has 4 atom stereocenters. The van der Waals surface area contributed by atoms with Crippen molar-refractivity contribution in [2.45, 2.75) is 32.6 Å². The molecule has 0 spiro atoms. The minimum Gasteiger partial charge on any atom is -0.504 e. The number of aromatic hydroxyl groups is 1. The Bertz CT molecular complexity index is 1680. The maximum atomic E-state index is 14.0. The lowest BCUT2D eigenvalue weighted by atomic mass is 9.59. The van der Waals surface area contributed by atoms with Crippen LogP contribution in [0.25, 0.3) is 0 Å². The molecule has 1 fully saturated rings. The fourth-order valence-electron chi connectivity index (χ4n) is 6.79. The third-order valence-corrected chi connectivity index (χ3v) is 9.15. The molecule has 2 amide bonds. The molecule has 3 aliphatic carbocycles. The number of amides is 2. The lowest BCUT2D eigenvalue weighted by molar-refractivity contribution is -0.123. The average Bonchev–Trinajstić information content (AvgIpc) is 3.21. The van der Waals surface area contributed by atoms with Crippen LogP contribution in [-0.4, -0.2) is 41.4 Å². The van der Waals surface area contributed by atoms with Gasteiger partial charge in [-0.2, -0.15) is 0 Å². The first-order chi connectivity index (χ1) is 19.5. The smallest absolute Gasteiger partial charge is 0.238 e. The fourth-order valence-corrected chi connectivity index (χ4v) is 7.24. The summed E-state index contributed by atoms with van der Waals surface area (Å²) >= 11 is 3.46. The van der Waals surface area contributed by atoms with Crippen molar-refractivity contribution in [3.05, 3.63) is 86.4 Å². The van der Waals surface area contributed by atoms with E-state index in [1.165, 1.54) is 25.0 Å². The number of rotatable bonds is 4. The largest absolute Gasteiger partial charge is 0.504 e. The Morgan fingerprint density at radius 3 is 2.41 bits per heavy atom. The summed E-state index contributed by atoms with van der Waals surface area (Å²) in [6.07, 6.45) is 3.62. The summed E-state index contributed by atoms with van der Waals surface area (Å²) in [6, 6.07) is 9.64. The SMILES string of the molecule is COc1cc(Br)cc(C2C3=CCC4C(=O)N(c5ccc(C(C)=O)cc5)C(=O)C4C3CC3=C2C(=O)C(C)=CC3=O)c1O. The van der Waals surface area contributed by atoms with Crippen molar-refractivity contribution < 1.29 is 33.8 Å². The maximum absolute atomic E-state index is 14.0. The van der Waals surface area contributed by atoms with E-state index in [0.717, 1.165) is 5.57 Å². The zero-order valence-corrected chi connectivity index (χ0v) is 24.2. The van der Waals surface area contributed by atoms with E-state index in [2.05, 4.69) is 15.9 Å². The second kappa shape index (κ2) is 9.76. The van der Waals surface area contributed by atoms with E-state index < -0.39 is 23.7 Å². The number of benzene rings is 2. The quantitative estimate of drug-likeness (QED) is 0.222. The zero-order valence-electron chi connectivity index (χ0n) is 22.6. The van der Waals surface area contributed by atoms with E-state index >= 15 is 0 Å². The Morgan fingerprint density at radius 2 is 1.76 bits per heavy atom. The minimum atomic E-state index is -0.803. The lowest BCUT2D eigenvalue weighted by Crippen LogP contribution is -2.39. The summed E-state index contributed by atoms with van der Waals surface area (Å²) < 4.78 is 5.99. The number of anilines is 1. The highest BCUT2D eigenvalue weighted by molar-refractivity contribution is 9.10. The molecule has 9 heteroatoms. The van der Waals surface area contributed by atoms with Crippen LogP contribution in [0.15, 0.2) is 75.3 Å². The number of fused-ring (bicyclic) bond motifs is 3. The minimum absolute atomic E-state index is 0.126. The topological polar surface area (TPSA) is 118 Å². The van der Waals surface area contributed by atoms with Gasteiger partial charge in [0.25, 0.3) is 0 Å². The monoisotopic (exact) mass is 615 g/mol. The van der Waals surface area contributed by atoms with E-state index in [0.29, 0.717) is 38.0 Å². The van der Waals surface area contributed by atoms with E-state index in [1.807, 2.05) is 6.08 Å². The fraction of sp³-hybridized carbons (Fsp3) is 0.281. The molecule has 1 N–H and O–H groups in total. The molecule has 2 aromatic rings. The van der Waals surface area contributed by atoms with Gasteiger partial charge in [-0.3, -0.25) is 28.9 Å². The van der Waals surface area contributed by atoms with Gasteiger partial charge in [-0.25, -0.2) is 0 Å². The molecule has 208 valence electrons. The summed E-state index contributed by atoms with van der Waals surface area (Å²) in [5.74, 6) is -4.13. The van der Waals surface area contributed by atoms with Gasteiger partial charge in [-0.05, 0) is 75.1 Å². The van der Waals surface area contributed by atoms with Crippen LogP contribution in [0.2, 0.25) is 0 Å². The van der Waals surface area contributed by atoms with Crippen molar-refractivity contribution in [3.63, 3.8) is 0 Å². The number of phenols is 1. The molecule has 4 aliphatic rings. The van der Waals surface area contributed by atoms with Crippen molar-refractivity contribution >= 4 is 50.8 Å². The summed E-state index contributed by atoms with van der Waals surface area (Å²) in [6.45, 7) is 3.03. The Hall–Kier alpha value is -4.11. The standard InChI is InChI=1S/C32H26BrNO7/c1-14-10-24(36)22-13-21-19(26(28(22)29(14)37)23-11-17(33)12-25(41-3)30(23)38)8-9-20-27(21)32(40)34(31(20)39)18-6-4-16(5-7-18)15(2)35/h4-8,10-12,20-21,26-27,38H,9,13H2,1-3H3. The van der Waals surface area contributed by atoms with Gasteiger partial charge in [-0.1, -0.05) is 27.6 Å². The number of imide groups is 1. The number of ketones is 3. The summed E-state index contributed by atoms with van der Waals surface area (Å²) in [5, 5.41) is 11.2. The number of carbonyl (C=O) groups is 5. The second-order valence-electron chi connectivity index (χ2n) is 10.9. The van der Waals surface area contributed by atoms with Crippen LogP contribution in [0.1, 0.15) is 48.5 Å². The molecule has 4 unspecified atom stereocenters. The van der Waals surface area contributed by atoms with Gasteiger partial charge in [-0.15, -0.1) is 0 Å². The third kappa shape index (κ3) is 4.05. The number of Topliss-reactive ketones (excluding diaryl/α,β-unsaturated/α-hetero) is 2. The lowest BCUT2D eigenvalue weighted by Gasteiger charge is -2.42. The van der Waals surface area contributed by atoms with Gasteiger partial charge in [0.05, 0.1) is 24.6 Å². The summed E-state index contributed by atoms with van der Waals surface area (Å²) in [7, 11) is 1.42. The van der Waals surface area contributed by atoms with Crippen molar-refractivity contribution in [3.8, 4) is 11.5 Å². The van der Waals surface area contributed by atoms with Crippen LogP contribution in [0.5, 0.6) is 11.5 Å². The molecule has 6 rings (SSSR count). The summed E-state index contributed by atoms with van der Waals surface area (Å²) in [4.78, 5) is 67.5. The number of phenolic OH excluding ortho intramolecular Hbond substituents is 1. The summed E-state index contributed by atoms with van der Waals surface area (Å²) in [5.41, 5.74) is 2.85. The van der Waals surface area contributed by atoms with E-state index in [4.69, 9.17) is 4.74 Å². The van der Waals surface area contributed by atoms with Crippen molar-refractivity contribution in [2.24, 2.45) is 17.8 Å². The highest BCUT2D eigenvalue weighted by Crippen LogP contribution is 2.57. The van der Waals surface area contributed by atoms with Crippen LogP contribution < -0.4 is 9.64 Å². The molecule has 41 heavy (non-hydrogen) atoms. The Labute approximate surface area is 244 Å². The zero-order chi connectivity index (χ0) is 29.3. The van der Waals surface area contributed by atoms with Gasteiger partial charge in [0.1, 0.15) is 0 Å². The van der Waals surface area contributed by atoms with Crippen LogP contribution in [0.3, 0.4) is 0 Å². The average molecular weight is 616 g/mol. The number of halogens is 1. The number of hydrogen-bond donors (Lipinski definition) is 1. The highest BCUT2D eigenvalue weighted by atomic mass is 79.9. The number of hydrogen-bond acceptors (Lipinski definition) is 7. The Morgan fingerprint density at radius 1 is 1.05 bits per heavy atom. The Kier molecular flexibility index (Phi) is 6.45. The van der Waals surface area contributed by atoms with E-state index in [-0.39, 0.29) is 53.5 Å². The maximum Gasteiger partial charge on any atom is 0.238 e. The normalized spacial score (nSPS) is 25.4. The number of methoxy groups -OCH3 is 1. The van der Waals surface area contributed by atoms with Gasteiger partial charge in [0.2, 0.25) is 11.8 Å². The van der Waals surface area contributed by atoms with Gasteiger partial charge in [0, 0.05) is 38.2 Å². The predicted octanol–water partition coefficient (Wildman–Crippen LogP) is 5.00. The molecule has 0 radical (unpaired) electrons. The van der Waals surface area contributed by atoms with E-state index in [9.17, 15) is 29.1 Å². The molecule has 2 aromatic carbocycles. The van der Waals surface area contributed by atoms with Crippen molar-refractivity contribution in [1.82, 2.24) is 0 Å². The van der Waals surface area contributed by atoms with E-state index in [1.54, 1.807) is 43.3 Å². The molecule has 0 aromatic heterocycles. The number of allylic oxidation sites excluding steroid dienone is 6. The molecule has 0 bridgehead atoms. The van der Waals surface area contributed by atoms with Crippen LogP contribution >= 0.6 is 15.9 Å². The van der Waals surface area contributed by atoms with Gasteiger partial charge >= 0.3 is 0 Å². The predicted molar refractivity (Wildman–Crippen MR) is 153 cm³/mol. The second-order valence-corrected chi connectivity index (χ2v) is 11.8. The molecule has 1 saturated heterocycles. The number of nitrogens with zero attached hydrogens (tertiary/aromatic N) is 1. The van der Waals surface area contributed by atoms with Crippen LogP contribution in [0.4, 0.5) is 5.69 Å². The molecule has 0 saturated carbocycles. The number of ether oxygens (including phenoxy) is 1. The molecule has 1 heterocycles. The molecule has 1 aliphatic heterocycles. The third-order valence-electron chi connectivity index (χ3n) is 8.70. The van der Waals surface area contributed by atoms with Gasteiger partial charge in [0.15, 0.2) is 28.8 Å². The molecule has 8 nitrogen and oxygen atoms in total. The molecular formula is C32H26BrNO7.